The van der Waals surface area contributed by atoms with Gasteiger partial charge in [-0.25, -0.2) is 4.98 Å². The van der Waals surface area contributed by atoms with Gasteiger partial charge in [-0.2, -0.15) is 0 Å². The molecule has 0 aliphatic rings. The quantitative estimate of drug-likeness (QED) is 0.607. The maximum Gasteiger partial charge on any atom is 0.261 e. The van der Waals surface area contributed by atoms with Crippen molar-refractivity contribution in [2.45, 2.75) is 13.5 Å². The van der Waals surface area contributed by atoms with E-state index in [1.54, 1.807) is 17.0 Å². The molecule has 3 rings (SSSR count). The van der Waals surface area contributed by atoms with Gasteiger partial charge in [0, 0.05) is 0 Å². The van der Waals surface area contributed by atoms with Crippen molar-refractivity contribution in [2.75, 3.05) is 19.8 Å². The second-order valence-electron chi connectivity index (χ2n) is 5.65. The van der Waals surface area contributed by atoms with Gasteiger partial charge in [-0.15, -0.1) is 0 Å². The molecule has 6 heteroatoms. The zero-order valence-electron chi connectivity index (χ0n) is 13.9. The van der Waals surface area contributed by atoms with Crippen LogP contribution in [0.3, 0.4) is 0 Å². The van der Waals surface area contributed by atoms with E-state index in [1.165, 1.54) is 0 Å². The molecule has 0 aliphatic heterocycles. The summed E-state index contributed by atoms with van der Waals surface area (Å²) in [5.41, 5.74) is 1.73. The second-order valence-corrected chi connectivity index (χ2v) is 6.06. The lowest BCUT2D eigenvalue weighted by Gasteiger charge is -2.10. The van der Waals surface area contributed by atoms with Crippen LogP contribution in [0.2, 0.25) is 5.02 Å². The van der Waals surface area contributed by atoms with Gasteiger partial charge in [-0.1, -0.05) is 29.8 Å². The molecular formula is C19H19ClN2O3. The topological polar surface area (TPSA) is 53.4 Å². The summed E-state index contributed by atoms with van der Waals surface area (Å²) in [6.07, 6.45) is 1.55. The monoisotopic (exact) mass is 358 g/mol. The first kappa shape index (κ1) is 17.5. The first-order chi connectivity index (χ1) is 12.1. The molecule has 25 heavy (non-hydrogen) atoms. The highest BCUT2D eigenvalue weighted by atomic mass is 35.5. The molecule has 1 aromatic heterocycles. The Morgan fingerprint density at radius 2 is 1.96 bits per heavy atom. The van der Waals surface area contributed by atoms with Crippen molar-refractivity contribution < 1.29 is 9.47 Å². The van der Waals surface area contributed by atoms with Crippen molar-refractivity contribution in [1.82, 2.24) is 9.55 Å². The molecule has 0 radical (unpaired) electrons. The van der Waals surface area contributed by atoms with Crippen LogP contribution in [0, 0.1) is 6.92 Å². The van der Waals surface area contributed by atoms with Crippen molar-refractivity contribution in [2.24, 2.45) is 0 Å². The summed E-state index contributed by atoms with van der Waals surface area (Å²) in [6, 6.07) is 12.9. The van der Waals surface area contributed by atoms with E-state index in [9.17, 15) is 4.79 Å². The van der Waals surface area contributed by atoms with Crippen molar-refractivity contribution in [1.29, 1.82) is 0 Å². The van der Waals surface area contributed by atoms with Gasteiger partial charge in [-0.3, -0.25) is 9.36 Å². The van der Waals surface area contributed by atoms with Crippen LogP contribution in [0.1, 0.15) is 5.56 Å². The molecule has 0 amide bonds. The Kier molecular flexibility index (Phi) is 5.68. The Balaban J connectivity index is 1.46. The lowest BCUT2D eigenvalue weighted by molar-refractivity contribution is 0.0938. The first-order valence-electron chi connectivity index (χ1n) is 8.06. The minimum atomic E-state index is -0.0584. The second kappa shape index (κ2) is 8.14. The van der Waals surface area contributed by atoms with Gasteiger partial charge in [-0.05, 0) is 36.8 Å². The highest BCUT2D eigenvalue weighted by molar-refractivity contribution is 6.32. The Hall–Kier alpha value is -2.37. The molecule has 0 unspecified atom stereocenters. The van der Waals surface area contributed by atoms with Gasteiger partial charge in [0.1, 0.15) is 12.4 Å². The summed E-state index contributed by atoms with van der Waals surface area (Å²) in [7, 11) is 0. The Morgan fingerprint density at radius 3 is 2.80 bits per heavy atom. The molecule has 5 nitrogen and oxygen atoms in total. The van der Waals surface area contributed by atoms with Gasteiger partial charge in [0.15, 0.2) is 0 Å². The predicted octanol–water partition coefficient (Wildman–Crippen LogP) is 3.45. The average molecular weight is 359 g/mol. The number of hydrogen-bond acceptors (Lipinski definition) is 4. The number of fused-ring (bicyclic) bond motifs is 1. The number of aromatic nitrogens is 2. The smallest absolute Gasteiger partial charge is 0.261 e. The standard InChI is InChI=1S/C19H19ClN2O3/c1-14-6-7-18(16(20)12-14)25-11-10-24-9-8-22-13-21-17-5-3-2-4-15(17)19(22)23/h2-7,12-13H,8-11H2,1H3. The maximum absolute atomic E-state index is 12.3. The van der Waals surface area contributed by atoms with Crippen LogP contribution in [0.25, 0.3) is 10.9 Å². The number of benzene rings is 2. The molecule has 3 aromatic rings. The lowest BCUT2D eigenvalue weighted by atomic mass is 10.2. The Bertz CT molecular complexity index is 924. The third kappa shape index (κ3) is 4.38. The van der Waals surface area contributed by atoms with Crippen LogP contribution in [0.4, 0.5) is 0 Å². The number of nitrogens with zero attached hydrogens (tertiary/aromatic N) is 2. The normalized spacial score (nSPS) is 11.0. The summed E-state index contributed by atoms with van der Waals surface area (Å²) in [5.74, 6) is 0.644. The maximum atomic E-state index is 12.3. The molecule has 0 saturated heterocycles. The van der Waals surface area contributed by atoms with E-state index in [1.807, 2.05) is 43.3 Å². The van der Waals surface area contributed by atoms with Crippen LogP contribution in [-0.2, 0) is 11.3 Å². The molecule has 0 spiro atoms. The molecule has 0 aliphatic carbocycles. The minimum absolute atomic E-state index is 0.0584. The van der Waals surface area contributed by atoms with E-state index < -0.39 is 0 Å². The van der Waals surface area contributed by atoms with Crippen LogP contribution >= 0.6 is 11.6 Å². The van der Waals surface area contributed by atoms with E-state index in [-0.39, 0.29) is 5.56 Å². The Morgan fingerprint density at radius 1 is 1.12 bits per heavy atom. The average Bonchev–Trinajstić information content (AvgIpc) is 2.61. The van der Waals surface area contributed by atoms with E-state index >= 15 is 0 Å². The summed E-state index contributed by atoms with van der Waals surface area (Å²) in [6.45, 7) is 3.64. The summed E-state index contributed by atoms with van der Waals surface area (Å²) in [4.78, 5) is 16.6. The Labute approximate surface area is 150 Å². The molecule has 0 bridgehead atoms. The predicted molar refractivity (Wildman–Crippen MR) is 98.5 cm³/mol. The summed E-state index contributed by atoms with van der Waals surface area (Å²) < 4.78 is 12.7. The molecular weight excluding hydrogens is 340 g/mol. The molecule has 0 saturated carbocycles. The van der Waals surface area contributed by atoms with E-state index in [4.69, 9.17) is 21.1 Å². The highest BCUT2D eigenvalue weighted by Crippen LogP contribution is 2.24. The van der Waals surface area contributed by atoms with Gasteiger partial charge < -0.3 is 9.47 Å². The number of halogens is 1. The van der Waals surface area contributed by atoms with Crippen molar-refractivity contribution >= 4 is 22.5 Å². The van der Waals surface area contributed by atoms with Crippen LogP contribution in [0.15, 0.2) is 53.6 Å². The molecule has 2 aromatic carbocycles. The first-order valence-corrected chi connectivity index (χ1v) is 8.44. The van der Waals surface area contributed by atoms with Crippen LogP contribution < -0.4 is 10.3 Å². The number of para-hydroxylation sites is 1. The summed E-state index contributed by atoms with van der Waals surface area (Å²) >= 11 is 6.10. The van der Waals surface area contributed by atoms with Gasteiger partial charge in [0.25, 0.3) is 5.56 Å². The third-order valence-electron chi connectivity index (χ3n) is 3.78. The van der Waals surface area contributed by atoms with Crippen LogP contribution in [0.5, 0.6) is 5.75 Å². The zero-order valence-corrected chi connectivity index (χ0v) is 14.7. The van der Waals surface area contributed by atoms with Crippen LogP contribution in [-0.4, -0.2) is 29.4 Å². The fraction of sp³-hybridized carbons (Fsp3) is 0.263. The van der Waals surface area contributed by atoms with E-state index in [0.29, 0.717) is 48.0 Å². The van der Waals surface area contributed by atoms with Gasteiger partial charge in [0.05, 0.1) is 42.0 Å². The largest absolute Gasteiger partial charge is 0.490 e. The van der Waals surface area contributed by atoms with Crippen molar-refractivity contribution in [3.05, 3.63) is 69.7 Å². The molecule has 1 heterocycles. The number of ether oxygens (including phenoxy) is 2. The summed E-state index contributed by atoms with van der Waals surface area (Å²) in [5, 5.41) is 1.20. The van der Waals surface area contributed by atoms with E-state index in [0.717, 1.165) is 5.56 Å². The SMILES string of the molecule is Cc1ccc(OCCOCCn2cnc3ccccc3c2=O)c(Cl)c1. The minimum Gasteiger partial charge on any atom is -0.490 e. The molecule has 0 fully saturated rings. The molecule has 0 N–H and O–H groups in total. The van der Waals surface area contributed by atoms with Gasteiger partial charge >= 0.3 is 0 Å². The third-order valence-corrected chi connectivity index (χ3v) is 4.08. The fourth-order valence-electron chi connectivity index (χ4n) is 2.46. The van der Waals surface area contributed by atoms with Gasteiger partial charge in [0.2, 0.25) is 0 Å². The number of rotatable bonds is 7. The molecule has 130 valence electrons. The lowest BCUT2D eigenvalue weighted by Crippen LogP contribution is -2.23. The van der Waals surface area contributed by atoms with E-state index in [2.05, 4.69) is 4.98 Å². The highest BCUT2D eigenvalue weighted by Gasteiger charge is 2.04. The van der Waals surface area contributed by atoms with Crippen molar-refractivity contribution in [3.8, 4) is 5.75 Å². The molecule has 0 atom stereocenters. The zero-order chi connectivity index (χ0) is 17.6. The fourth-order valence-corrected chi connectivity index (χ4v) is 2.75. The number of hydrogen-bond donors (Lipinski definition) is 0. The van der Waals surface area contributed by atoms with Crippen molar-refractivity contribution in [3.63, 3.8) is 0 Å². The number of aryl methyl sites for hydroxylation is 1.